The third kappa shape index (κ3) is 5.00. The Hall–Kier alpha value is -5.77. The molecule has 48 heavy (non-hydrogen) atoms. The van der Waals surface area contributed by atoms with Gasteiger partial charge in [0, 0.05) is 55.5 Å². The first kappa shape index (κ1) is 29.6. The van der Waals surface area contributed by atoms with Crippen LogP contribution in [0, 0.1) is 6.07 Å². The number of para-hydroxylation sites is 3. The summed E-state index contributed by atoms with van der Waals surface area (Å²) >= 11 is 0. The van der Waals surface area contributed by atoms with Gasteiger partial charge < -0.3 is 9.52 Å². The maximum absolute atomic E-state index is 11.4. The number of phenolic OH excluding ortho intramolecular Hbond substituents is 1. The molecule has 6 heteroatoms. The first-order valence-electron chi connectivity index (χ1n) is 15.5. The topological polar surface area (TPSA) is 64.1 Å². The molecule has 0 bridgehead atoms. The van der Waals surface area contributed by atoms with Crippen molar-refractivity contribution < 1.29 is 30.6 Å². The summed E-state index contributed by atoms with van der Waals surface area (Å²) in [5, 5.41) is 13.3. The summed E-state index contributed by atoms with van der Waals surface area (Å²) in [5.74, 6) is 0.736. The van der Waals surface area contributed by atoms with Gasteiger partial charge in [0.05, 0.1) is 16.6 Å². The number of rotatable bonds is 5. The van der Waals surface area contributed by atoms with E-state index in [1.807, 2.05) is 97.2 Å². The molecule has 6 aromatic carbocycles. The maximum atomic E-state index is 11.4. The van der Waals surface area contributed by atoms with Gasteiger partial charge in [-0.2, -0.15) is 0 Å². The van der Waals surface area contributed by atoms with Crippen LogP contribution in [0.1, 0.15) is 0 Å². The van der Waals surface area contributed by atoms with Crippen molar-refractivity contribution in [2.45, 2.75) is 0 Å². The Bertz CT molecular complexity index is 2590. The van der Waals surface area contributed by atoms with Crippen molar-refractivity contribution in [1.82, 2.24) is 14.5 Å². The van der Waals surface area contributed by atoms with Gasteiger partial charge in [-0.15, -0.1) is 29.8 Å². The van der Waals surface area contributed by atoms with Gasteiger partial charge in [0.25, 0.3) is 0 Å². The summed E-state index contributed by atoms with van der Waals surface area (Å²) in [6, 6.07) is 52.1. The Kier molecular flexibility index (Phi) is 7.47. The Morgan fingerprint density at radius 2 is 1.35 bits per heavy atom. The Morgan fingerprint density at radius 3 is 2.21 bits per heavy atom. The molecular formula is C42H26N3O2Pt-. The summed E-state index contributed by atoms with van der Waals surface area (Å²) < 4.78 is 8.17. The molecule has 9 aromatic rings. The number of phenols is 1. The van der Waals surface area contributed by atoms with Crippen LogP contribution in [-0.4, -0.2) is 19.6 Å². The number of aromatic hydroxyl groups is 1. The predicted molar refractivity (Wildman–Crippen MR) is 188 cm³/mol. The average molecular weight is 800 g/mol. The van der Waals surface area contributed by atoms with Gasteiger partial charge >= 0.3 is 0 Å². The normalized spacial score (nSPS) is 11.2. The van der Waals surface area contributed by atoms with Crippen molar-refractivity contribution in [2.24, 2.45) is 0 Å². The smallest absolute Gasteiger partial charge is 0.148 e. The van der Waals surface area contributed by atoms with E-state index in [1.165, 1.54) is 0 Å². The van der Waals surface area contributed by atoms with E-state index in [1.54, 1.807) is 6.07 Å². The van der Waals surface area contributed by atoms with E-state index in [2.05, 4.69) is 59.2 Å². The molecule has 0 aliphatic heterocycles. The van der Waals surface area contributed by atoms with E-state index in [-0.39, 0.29) is 26.8 Å². The van der Waals surface area contributed by atoms with Crippen LogP contribution >= 0.6 is 0 Å². The molecule has 0 radical (unpaired) electrons. The molecule has 1 N–H and O–H groups in total. The number of benzene rings is 6. The minimum Gasteiger partial charge on any atom is -0.507 e. The standard InChI is InChI=1S/C42H26N3O2.Pt/c46-38-26-40-34(33-17-7-8-20-39(33)47-40)25-35(38)42-44-41-32(18-10-19-37(41)45(42)31-15-5-2-6-16-31)29-13-9-14-30(23-29)36-24-28(21-22-43-36)27-11-3-1-4-12-27;/h1-22,24-26,46H;/q-1;. The number of pyridine rings is 1. The van der Waals surface area contributed by atoms with Gasteiger partial charge in [0.15, 0.2) is 0 Å². The van der Waals surface area contributed by atoms with Crippen LogP contribution in [0.5, 0.6) is 5.75 Å². The molecule has 0 unspecified atom stereocenters. The molecule has 0 spiro atoms. The first-order valence-corrected chi connectivity index (χ1v) is 15.5. The Labute approximate surface area is 291 Å². The molecule has 232 valence electrons. The van der Waals surface area contributed by atoms with Crippen LogP contribution < -0.4 is 0 Å². The summed E-state index contributed by atoms with van der Waals surface area (Å²) in [4.78, 5) is 9.96. The summed E-state index contributed by atoms with van der Waals surface area (Å²) in [7, 11) is 0. The molecule has 3 aromatic heterocycles. The van der Waals surface area contributed by atoms with Crippen molar-refractivity contribution in [3.8, 4) is 56.3 Å². The van der Waals surface area contributed by atoms with E-state index in [4.69, 9.17) is 14.4 Å². The second kappa shape index (κ2) is 12.1. The van der Waals surface area contributed by atoms with Gasteiger partial charge in [0.2, 0.25) is 0 Å². The van der Waals surface area contributed by atoms with E-state index >= 15 is 0 Å². The zero-order valence-electron chi connectivity index (χ0n) is 25.4. The zero-order valence-corrected chi connectivity index (χ0v) is 27.7. The predicted octanol–water partition coefficient (Wildman–Crippen LogP) is 10.5. The second-order valence-corrected chi connectivity index (χ2v) is 11.5. The van der Waals surface area contributed by atoms with E-state index < -0.39 is 0 Å². The van der Waals surface area contributed by atoms with Crippen LogP contribution in [0.2, 0.25) is 0 Å². The third-order valence-corrected chi connectivity index (χ3v) is 8.66. The molecule has 0 fully saturated rings. The van der Waals surface area contributed by atoms with Crippen molar-refractivity contribution in [2.75, 3.05) is 0 Å². The largest absolute Gasteiger partial charge is 0.507 e. The van der Waals surface area contributed by atoms with Gasteiger partial charge in [-0.1, -0.05) is 96.1 Å². The Morgan fingerprint density at radius 1 is 0.604 bits per heavy atom. The minimum atomic E-state index is 0. The SMILES string of the molecule is Oc1cc2oc3ccccc3c2cc1-c1nc2c(-c3[c-]c(-c4cc(-c5ccccc5)ccn4)ccc3)cccc2n1-c1ccccc1.[Pt]. The summed E-state index contributed by atoms with van der Waals surface area (Å²) in [6.07, 6.45) is 1.85. The number of furan rings is 1. The molecule has 3 heterocycles. The summed E-state index contributed by atoms with van der Waals surface area (Å²) in [6.45, 7) is 0. The fourth-order valence-electron chi connectivity index (χ4n) is 6.44. The second-order valence-electron chi connectivity index (χ2n) is 11.5. The summed E-state index contributed by atoms with van der Waals surface area (Å²) in [5.41, 5.74) is 10.5. The van der Waals surface area contributed by atoms with Crippen molar-refractivity contribution in [3.63, 3.8) is 0 Å². The number of imidazole rings is 1. The number of hydrogen-bond donors (Lipinski definition) is 1. The van der Waals surface area contributed by atoms with Crippen LogP contribution in [0.15, 0.2) is 156 Å². The molecule has 0 aliphatic rings. The van der Waals surface area contributed by atoms with Crippen LogP contribution in [0.3, 0.4) is 0 Å². The average Bonchev–Trinajstić information content (AvgIpc) is 3.70. The number of aromatic nitrogens is 3. The fourth-order valence-corrected chi connectivity index (χ4v) is 6.44. The molecule has 0 aliphatic carbocycles. The van der Waals surface area contributed by atoms with Gasteiger partial charge in [0.1, 0.15) is 22.7 Å². The minimum absolute atomic E-state index is 0. The van der Waals surface area contributed by atoms with Gasteiger partial charge in [-0.05, 0) is 47.5 Å². The molecule has 0 amide bonds. The Balaban J connectivity index is 0.00000336. The number of fused-ring (bicyclic) bond motifs is 4. The van der Waals surface area contributed by atoms with Crippen molar-refractivity contribution in [3.05, 3.63) is 158 Å². The molecular weight excluding hydrogens is 774 g/mol. The van der Waals surface area contributed by atoms with E-state index in [9.17, 15) is 5.11 Å². The van der Waals surface area contributed by atoms with Crippen LogP contribution in [0.4, 0.5) is 0 Å². The van der Waals surface area contributed by atoms with E-state index in [0.717, 1.165) is 66.6 Å². The molecule has 9 rings (SSSR count). The van der Waals surface area contributed by atoms with Crippen molar-refractivity contribution in [1.29, 1.82) is 0 Å². The monoisotopic (exact) mass is 799 g/mol. The van der Waals surface area contributed by atoms with Crippen molar-refractivity contribution >= 4 is 33.0 Å². The molecule has 0 saturated carbocycles. The van der Waals surface area contributed by atoms with Gasteiger partial charge in [-0.25, -0.2) is 4.98 Å². The first-order chi connectivity index (χ1) is 23.2. The molecule has 5 nitrogen and oxygen atoms in total. The fraction of sp³-hybridized carbons (Fsp3) is 0. The van der Waals surface area contributed by atoms with Gasteiger partial charge in [-0.3, -0.25) is 9.55 Å². The van der Waals surface area contributed by atoms with Crippen LogP contribution in [0.25, 0.3) is 83.6 Å². The molecule has 0 saturated heterocycles. The molecule has 0 atom stereocenters. The zero-order chi connectivity index (χ0) is 31.3. The number of hydrogen-bond acceptors (Lipinski definition) is 4. The maximum Gasteiger partial charge on any atom is 0.148 e. The van der Waals surface area contributed by atoms with E-state index in [0.29, 0.717) is 17.0 Å². The van der Waals surface area contributed by atoms with Crippen LogP contribution in [-0.2, 0) is 21.1 Å². The number of nitrogens with zero attached hydrogens (tertiary/aromatic N) is 3. The third-order valence-electron chi connectivity index (χ3n) is 8.66. The quantitative estimate of drug-likeness (QED) is 0.176.